The highest BCUT2D eigenvalue weighted by Gasteiger charge is 2.07. The first kappa shape index (κ1) is 7.71. The number of hydrogen-bond acceptors (Lipinski definition) is 4. The van der Waals surface area contributed by atoms with Crippen molar-refractivity contribution in [3.8, 4) is 0 Å². The van der Waals surface area contributed by atoms with Crippen LogP contribution in [-0.2, 0) is 9.53 Å². The van der Waals surface area contributed by atoms with Crippen molar-refractivity contribution in [3.63, 3.8) is 0 Å². The van der Waals surface area contributed by atoms with Gasteiger partial charge >= 0.3 is 0 Å². The summed E-state index contributed by atoms with van der Waals surface area (Å²) in [6.45, 7) is 2.67. The van der Waals surface area contributed by atoms with E-state index in [2.05, 4.69) is 20.1 Å². The number of aromatic amines is 1. The Balaban J connectivity index is 2.42. The van der Waals surface area contributed by atoms with Gasteiger partial charge in [-0.3, -0.25) is 4.79 Å². The summed E-state index contributed by atoms with van der Waals surface area (Å²) in [6, 6.07) is 0. The van der Waals surface area contributed by atoms with Gasteiger partial charge in [0.2, 0.25) is 0 Å². The normalized spacial score (nSPS) is 12.5. The molecule has 1 aromatic rings. The lowest BCUT2D eigenvalue weighted by atomic mass is 10.1. The van der Waals surface area contributed by atoms with E-state index >= 15 is 0 Å². The predicted octanol–water partition coefficient (Wildman–Crippen LogP) is 0.0812. The smallest absolute Gasteiger partial charge is 0.293 e. The molecule has 0 radical (unpaired) electrons. The molecule has 0 bridgehead atoms. The molecule has 0 aliphatic carbocycles. The van der Waals surface area contributed by atoms with E-state index in [-0.39, 0.29) is 5.92 Å². The number of ether oxygens (including phenoxy) is 1. The van der Waals surface area contributed by atoms with E-state index in [1.165, 1.54) is 0 Å². The fraction of sp³-hybridized carbons (Fsp3) is 0.500. The fourth-order valence-electron chi connectivity index (χ4n) is 0.717. The number of nitrogens with zero attached hydrogens (tertiary/aromatic N) is 2. The molecule has 0 aliphatic heterocycles. The van der Waals surface area contributed by atoms with Crippen molar-refractivity contribution in [1.29, 1.82) is 0 Å². The molecule has 0 saturated carbocycles. The second-order valence-electron chi connectivity index (χ2n) is 2.23. The van der Waals surface area contributed by atoms with Crippen LogP contribution in [0.2, 0.25) is 0 Å². The van der Waals surface area contributed by atoms with Crippen LogP contribution in [0.1, 0.15) is 18.5 Å². The van der Waals surface area contributed by atoms with E-state index in [0.717, 1.165) is 5.69 Å². The monoisotopic (exact) mass is 155 g/mol. The van der Waals surface area contributed by atoms with Crippen LogP contribution >= 0.6 is 0 Å². The van der Waals surface area contributed by atoms with Gasteiger partial charge < -0.3 is 4.74 Å². The molecule has 5 nitrogen and oxygen atoms in total. The van der Waals surface area contributed by atoms with Gasteiger partial charge in [-0.1, -0.05) is 6.92 Å². The van der Waals surface area contributed by atoms with Crippen molar-refractivity contribution in [2.75, 3.05) is 6.61 Å². The first-order valence-electron chi connectivity index (χ1n) is 3.25. The number of hydrogen-bond donors (Lipinski definition) is 1. The Labute approximate surface area is 63.8 Å². The van der Waals surface area contributed by atoms with Gasteiger partial charge in [0.25, 0.3) is 6.47 Å². The lowest BCUT2D eigenvalue weighted by Gasteiger charge is -2.03. The van der Waals surface area contributed by atoms with Gasteiger partial charge in [0.1, 0.15) is 0 Å². The minimum absolute atomic E-state index is 0.0962. The van der Waals surface area contributed by atoms with Crippen LogP contribution in [0.25, 0.3) is 0 Å². The maximum Gasteiger partial charge on any atom is 0.293 e. The Bertz CT molecular complexity index is 210. The minimum Gasteiger partial charge on any atom is -0.467 e. The zero-order valence-electron chi connectivity index (χ0n) is 6.15. The molecule has 0 fully saturated rings. The number of carbonyl (C=O) groups is 1. The van der Waals surface area contributed by atoms with Crippen molar-refractivity contribution in [1.82, 2.24) is 15.4 Å². The first-order valence-corrected chi connectivity index (χ1v) is 3.25. The average molecular weight is 155 g/mol. The van der Waals surface area contributed by atoms with E-state index in [9.17, 15) is 4.79 Å². The number of nitrogens with one attached hydrogen (secondary N) is 1. The fourth-order valence-corrected chi connectivity index (χ4v) is 0.717. The molecular weight excluding hydrogens is 146 g/mol. The van der Waals surface area contributed by atoms with Crippen LogP contribution in [0.4, 0.5) is 0 Å². The Hall–Kier alpha value is -1.39. The van der Waals surface area contributed by atoms with Gasteiger partial charge in [-0.05, 0) is 0 Å². The Morgan fingerprint density at radius 2 is 2.73 bits per heavy atom. The van der Waals surface area contributed by atoms with Crippen LogP contribution in [0, 0.1) is 0 Å². The maximum atomic E-state index is 9.81. The highest BCUT2D eigenvalue weighted by atomic mass is 16.5. The summed E-state index contributed by atoms with van der Waals surface area (Å²) in [6.07, 6.45) is 1.61. The van der Waals surface area contributed by atoms with Gasteiger partial charge in [-0.2, -0.15) is 15.4 Å². The van der Waals surface area contributed by atoms with Crippen LogP contribution < -0.4 is 0 Å². The zero-order chi connectivity index (χ0) is 8.10. The number of carbonyl (C=O) groups excluding carboxylic acids is 1. The highest BCUT2D eigenvalue weighted by Crippen LogP contribution is 2.09. The Kier molecular flexibility index (Phi) is 2.59. The van der Waals surface area contributed by atoms with Gasteiger partial charge in [0.15, 0.2) is 0 Å². The Morgan fingerprint density at radius 1 is 1.91 bits per heavy atom. The summed E-state index contributed by atoms with van der Waals surface area (Å²) in [5, 5.41) is 9.95. The largest absolute Gasteiger partial charge is 0.467 e. The lowest BCUT2D eigenvalue weighted by molar-refractivity contribution is -0.129. The number of rotatable bonds is 4. The molecule has 1 rings (SSSR count). The van der Waals surface area contributed by atoms with Crippen molar-refractivity contribution in [2.45, 2.75) is 12.8 Å². The molecule has 1 aromatic heterocycles. The second kappa shape index (κ2) is 3.70. The highest BCUT2D eigenvalue weighted by molar-refractivity contribution is 5.37. The number of H-pyrrole nitrogens is 1. The molecule has 0 aromatic carbocycles. The molecule has 11 heavy (non-hydrogen) atoms. The standard InChI is InChI=1S/C6H9N3O2/c1-5(3-11-4-10)6-2-7-9-8-6/h2,4-5H,3H2,1H3,(H,7,8,9). The summed E-state index contributed by atoms with van der Waals surface area (Å²) < 4.78 is 4.56. The summed E-state index contributed by atoms with van der Waals surface area (Å²) in [5.41, 5.74) is 0.798. The minimum atomic E-state index is 0.0962. The van der Waals surface area contributed by atoms with E-state index < -0.39 is 0 Å². The van der Waals surface area contributed by atoms with Crippen molar-refractivity contribution < 1.29 is 9.53 Å². The first-order chi connectivity index (χ1) is 5.34. The topological polar surface area (TPSA) is 67.9 Å². The van der Waals surface area contributed by atoms with Crippen LogP contribution in [0.15, 0.2) is 6.20 Å². The molecule has 1 N–H and O–H groups in total. The van der Waals surface area contributed by atoms with Crippen LogP contribution in [0.5, 0.6) is 0 Å². The lowest BCUT2D eigenvalue weighted by Crippen LogP contribution is -2.03. The molecule has 0 aliphatic rings. The molecule has 0 spiro atoms. The molecule has 5 heteroatoms. The summed E-state index contributed by atoms with van der Waals surface area (Å²) in [4.78, 5) is 9.81. The molecule has 60 valence electrons. The summed E-state index contributed by atoms with van der Waals surface area (Å²) in [5.74, 6) is 0.0962. The third kappa shape index (κ3) is 2.03. The predicted molar refractivity (Wildman–Crippen MR) is 36.8 cm³/mol. The second-order valence-corrected chi connectivity index (χ2v) is 2.23. The molecule has 0 saturated heterocycles. The van der Waals surface area contributed by atoms with E-state index in [1.807, 2.05) is 6.92 Å². The molecule has 1 atom stereocenters. The quantitative estimate of drug-likeness (QED) is 0.625. The van der Waals surface area contributed by atoms with Crippen molar-refractivity contribution >= 4 is 6.47 Å². The van der Waals surface area contributed by atoms with E-state index in [0.29, 0.717) is 13.1 Å². The van der Waals surface area contributed by atoms with Gasteiger partial charge in [0.05, 0.1) is 18.5 Å². The SMILES string of the molecule is CC(COC=O)c1cn[nH]n1. The van der Waals surface area contributed by atoms with Crippen molar-refractivity contribution in [3.05, 3.63) is 11.9 Å². The molecule has 1 unspecified atom stereocenters. The molecule has 0 amide bonds. The van der Waals surface area contributed by atoms with Gasteiger partial charge in [0, 0.05) is 5.92 Å². The Morgan fingerprint density at radius 3 is 3.27 bits per heavy atom. The number of aromatic nitrogens is 3. The van der Waals surface area contributed by atoms with Crippen LogP contribution in [0.3, 0.4) is 0 Å². The molecule has 1 heterocycles. The van der Waals surface area contributed by atoms with E-state index in [4.69, 9.17) is 0 Å². The summed E-state index contributed by atoms with van der Waals surface area (Å²) in [7, 11) is 0. The zero-order valence-corrected chi connectivity index (χ0v) is 6.15. The maximum absolute atomic E-state index is 9.81. The van der Waals surface area contributed by atoms with Crippen molar-refractivity contribution in [2.24, 2.45) is 0 Å². The molecular formula is C6H9N3O2. The third-order valence-electron chi connectivity index (χ3n) is 1.35. The third-order valence-corrected chi connectivity index (χ3v) is 1.35. The van der Waals surface area contributed by atoms with Gasteiger partial charge in [-0.25, -0.2) is 0 Å². The van der Waals surface area contributed by atoms with E-state index in [1.54, 1.807) is 6.20 Å². The van der Waals surface area contributed by atoms with Gasteiger partial charge in [-0.15, -0.1) is 0 Å². The van der Waals surface area contributed by atoms with Crippen LogP contribution in [-0.4, -0.2) is 28.5 Å². The average Bonchev–Trinajstić information content (AvgIpc) is 2.52. The summed E-state index contributed by atoms with van der Waals surface area (Å²) >= 11 is 0.